The number of hydrogen-bond donors (Lipinski definition) is 1. The number of rotatable bonds is 4. The molecule has 1 aromatic heterocycles. The van der Waals surface area contributed by atoms with E-state index in [-0.39, 0.29) is 0 Å². The van der Waals surface area contributed by atoms with E-state index < -0.39 is 0 Å². The first-order valence-electron chi connectivity index (χ1n) is 8.05. The van der Waals surface area contributed by atoms with E-state index in [0.29, 0.717) is 5.75 Å². The molecule has 6 heteroatoms. The third kappa shape index (κ3) is 2.84. The summed E-state index contributed by atoms with van der Waals surface area (Å²) in [6.45, 7) is 0.928. The second-order valence-corrected chi connectivity index (χ2v) is 7.06. The van der Waals surface area contributed by atoms with Crippen molar-refractivity contribution >= 4 is 28.4 Å². The van der Waals surface area contributed by atoms with Crippen molar-refractivity contribution in [2.75, 3.05) is 26.1 Å². The number of nitrogens with one attached hydrogen (secondary N) is 1. The van der Waals surface area contributed by atoms with Crippen LogP contribution in [0.25, 0.3) is 16.9 Å². The monoisotopic (exact) mass is 447 g/mol. The Bertz CT molecular complexity index is 919. The smallest absolute Gasteiger partial charge is 0.161 e. The fourth-order valence-corrected chi connectivity index (χ4v) is 3.52. The fourth-order valence-electron chi connectivity index (χ4n) is 3.16. The molecule has 0 aliphatic carbocycles. The van der Waals surface area contributed by atoms with Gasteiger partial charge in [-0.2, -0.15) is 5.10 Å². The summed E-state index contributed by atoms with van der Waals surface area (Å²) < 4.78 is 14.0. The van der Waals surface area contributed by atoms with Crippen molar-refractivity contribution in [1.82, 2.24) is 9.78 Å². The maximum atomic E-state index is 5.45. The van der Waals surface area contributed by atoms with Gasteiger partial charge in [0.25, 0.3) is 0 Å². The Morgan fingerprint density at radius 2 is 1.80 bits per heavy atom. The highest BCUT2D eigenvalue weighted by molar-refractivity contribution is 14.1. The predicted molar refractivity (Wildman–Crippen MR) is 107 cm³/mol. The molecule has 5 nitrogen and oxygen atoms in total. The average molecular weight is 447 g/mol. The van der Waals surface area contributed by atoms with Crippen LogP contribution in [0.4, 0.5) is 5.82 Å². The van der Waals surface area contributed by atoms with Gasteiger partial charge in [-0.05, 0) is 71.5 Å². The highest BCUT2D eigenvalue weighted by atomic mass is 127. The van der Waals surface area contributed by atoms with Gasteiger partial charge in [-0.25, -0.2) is 4.68 Å². The van der Waals surface area contributed by atoms with Crippen molar-refractivity contribution in [3.63, 3.8) is 0 Å². The maximum absolute atomic E-state index is 5.45. The molecular formula is C19H18IN3O2. The third-order valence-corrected chi connectivity index (χ3v) is 5.10. The molecule has 0 bridgehead atoms. The highest BCUT2D eigenvalue weighted by Crippen LogP contribution is 2.38. The zero-order valence-electron chi connectivity index (χ0n) is 14.0. The van der Waals surface area contributed by atoms with E-state index in [4.69, 9.17) is 14.6 Å². The first-order valence-corrected chi connectivity index (χ1v) is 9.13. The van der Waals surface area contributed by atoms with Gasteiger partial charge >= 0.3 is 0 Å². The van der Waals surface area contributed by atoms with Crippen molar-refractivity contribution < 1.29 is 9.47 Å². The minimum absolute atomic E-state index is 0.712. The largest absolute Gasteiger partial charge is 0.493 e. The molecule has 1 N–H and O–H groups in total. The summed E-state index contributed by atoms with van der Waals surface area (Å²) >= 11 is 2.31. The van der Waals surface area contributed by atoms with Gasteiger partial charge in [-0.15, -0.1) is 0 Å². The minimum Gasteiger partial charge on any atom is -0.493 e. The Morgan fingerprint density at radius 3 is 2.52 bits per heavy atom. The maximum Gasteiger partial charge on any atom is 0.161 e. The number of anilines is 1. The van der Waals surface area contributed by atoms with Crippen molar-refractivity contribution in [3.05, 3.63) is 51.6 Å². The molecular weight excluding hydrogens is 429 g/mol. The molecule has 4 rings (SSSR count). The van der Waals surface area contributed by atoms with Crippen LogP contribution in [0, 0.1) is 3.57 Å². The Hall–Kier alpha value is -2.22. The van der Waals surface area contributed by atoms with Gasteiger partial charge in [0.1, 0.15) is 5.82 Å². The molecule has 0 saturated carbocycles. The molecule has 2 aromatic carbocycles. The summed E-state index contributed by atoms with van der Waals surface area (Å²) in [6.07, 6.45) is 0.962. The molecule has 0 saturated heterocycles. The van der Waals surface area contributed by atoms with Crippen LogP contribution in [0.5, 0.6) is 11.5 Å². The number of hydrogen-bond acceptors (Lipinski definition) is 4. The molecule has 25 heavy (non-hydrogen) atoms. The van der Waals surface area contributed by atoms with Crippen LogP contribution in [0.2, 0.25) is 0 Å². The molecule has 0 radical (unpaired) electrons. The Labute approximate surface area is 160 Å². The van der Waals surface area contributed by atoms with Gasteiger partial charge in [0.05, 0.1) is 25.6 Å². The predicted octanol–water partition coefficient (Wildman–Crippen LogP) is 4.13. The molecule has 0 amide bonds. The van der Waals surface area contributed by atoms with Gasteiger partial charge in [-0.3, -0.25) is 0 Å². The molecule has 1 aliphatic rings. The van der Waals surface area contributed by atoms with Crippen LogP contribution in [0.1, 0.15) is 5.56 Å². The lowest BCUT2D eigenvalue weighted by atomic mass is 10.1. The molecule has 0 unspecified atom stereocenters. The van der Waals surface area contributed by atoms with Gasteiger partial charge < -0.3 is 14.8 Å². The first-order chi connectivity index (χ1) is 12.2. The zero-order valence-corrected chi connectivity index (χ0v) is 16.2. The first kappa shape index (κ1) is 16.3. The van der Waals surface area contributed by atoms with E-state index in [0.717, 1.165) is 41.5 Å². The Kier molecular flexibility index (Phi) is 4.29. The number of methoxy groups -OCH3 is 2. The van der Waals surface area contributed by atoms with Crippen LogP contribution in [0.3, 0.4) is 0 Å². The van der Waals surface area contributed by atoms with Crippen molar-refractivity contribution in [2.45, 2.75) is 6.42 Å². The Morgan fingerprint density at radius 1 is 1.04 bits per heavy atom. The summed E-state index contributed by atoms with van der Waals surface area (Å²) in [5.74, 6) is 2.51. The topological polar surface area (TPSA) is 48.3 Å². The van der Waals surface area contributed by atoms with Crippen molar-refractivity contribution in [3.8, 4) is 28.4 Å². The van der Waals surface area contributed by atoms with Crippen LogP contribution >= 0.6 is 22.6 Å². The summed E-state index contributed by atoms with van der Waals surface area (Å²) in [5.41, 5.74) is 4.31. The number of aromatic nitrogens is 2. The molecule has 3 aromatic rings. The van der Waals surface area contributed by atoms with E-state index >= 15 is 0 Å². The SMILES string of the molecule is COc1ccc(-c2nn(-c3ccc(I)cc3)c3c2CCN3)cc1OC. The number of benzene rings is 2. The third-order valence-electron chi connectivity index (χ3n) is 4.38. The van der Waals surface area contributed by atoms with E-state index in [1.165, 1.54) is 9.13 Å². The quantitative estimate of drug-likeness (QED) is 0.612. The highest BCUT2D eigenvalue weighted by Gasteiger charge is 2.24. The molecule has 0 atom stereocenters. The molecule has 2 heterocycles. The average Bonchev–Trinajstić information content (AvgIpc) is 3.24. The van der Waals surface area contributed by atoms with Gasteiger partial charge in [-0.1, -0.05) is 0 Å². The summed E-state index contributed by atoms with van der Waals surface area (Å²) in [7, 11) is 3.29. The zero-order chi connectivity index (χ0) is 17.4. The summed E-state index contributed by atoms with van der Waals surface area (Å²) in [6, 6.07) is 14.3. The van der Waals surface area contributed by atoms with Crippen LogP contribution in [-0.2, 0) is 6.42 Å². The lowest BCUT2D eigenvalue weighted by molar-refractivity contribution is 0.355. The normalized spacial score (nSPS) is 12.6. The standard InChI is InChI=1S/C19H18IN3O2/c1-24-16-8-3-12(11-17(16)25-2)18-15-9-10-21-19(15)23(22-18)14-6-4-13(20)5-7-14/h3-8,11,21H,9-10H2,1-2H3. The fraction of sp³-hybridized carbons (Fsp3) is 0.211. The van der Waals surface area contributed by atoms with E-state index in [2.05, 4.69) is 52.2 Å². The lowest BCUT2D eigenvalue weighted by Gasteiger charge is -2.09. The van der Waals surface area contributed by atoms with Crippen molar-refractivity contribution in [2.24, 2.45) is 0 Å². The second-order valence-electron chi connectivity index (χ2n) is 5.81. The van der Waals surface area contributed by atoms with E-state index in [1.807, 2.05) is 22.9 Å². The molecule has 1 aliphatic heterocycles. The number of nitrogens with zero attached hydrogens (tertiary/aromatic N) is 2. The van der Waals surface area contributed by atoms with Crippen LogP contribution in [0.15, 0.2) is 42.5 Å². The molecule has 0 spiro atoms. The van der Waals surface area contributed by atoms with Crippen LogP contribution < -0.4 is 14.8 Å². The molecule has 0 fully saturated rings. The van der Waals surface area contributed by atoms with E-state index in [1.54, 1.807) is 14.2 Å². The summed E-state index contributed by atoms with van der Waals surface area (Å²) in [5, 5.41) is 8.35. The number of halogens is 1. The van der Waals surface area contributed by atoms with Crippen molar-refractivity contribution in [1.29, 1.82) is 0 Å². The number of fused-ring (bicyclic) bond motifs is 1. The van der Waals surface area contributed by atoms with Gasteiger partial charge in [0, 0.05) is 21.2 Å². The minimum atomic E-state index is 0.712. The number of ether oxygens (including phenoxy) is 2. The lowest BCUT2D eigenvalue weighted by Crippen LogP contribution is -2.04. The Balaban J connectivity index is 1.84. The molecule has 128 valence electrons. The van der Waals surface area contributed by atoms with Gasteiger partial charge in [0.15, 0.2) is 11.5 Å². The second kappa shape index (κ2) is 6.59. The van der Waals surface area contributed by atoms with E-state index in [9.17, 15) is 0 Å². The van der Waals surface area contributed by atoms with Gasteiger partial charge in [0.2, 0.25) is 0 Å². The van der Waals surface area contributed by atoms with Crippen LogP contribution in [-0.4, -0.2) is 30.5 Å². The summed E-state index contributed by atoms with van der Waals surface area (Å²) in [4.78, 5) is 0.